The Morgan fingerprint density at radius 2 is 2.00 bits per heavy atom. The van der Waals surface area contributed by atoms with Crippen LogP contribution in [-0.2, 0) is 16.1 Å². The van der Waals surface area contributed by atoms with Crippen LogP contribution in [0.4, 0.5) is 0 Å². The summed E-state index contributed by atoms with van der Waals surface area (Å²) in [6.45, 7) is 0.502. The number of hydrogen-bond donors (Lipinski definition) is 1. The monoisotopic (exact) mass is 272 g/mol. The maximum absolute atomic E-state index is 11.5. The summed E-state index contributed by atoms with van der Waals surface area (Å²) >= 11 is 11.7. The zero-order chi connectivity index (χ0) is 12.4. The van der Waals surface area contributed by atoms with Crippen molar-refractivity contribution in [3.05, 3.63) is 33.8 Å². The molecule has 17 heavy (non-hydrogen) atoms. The quantitative estimate of drug-likeness (QED) is 0.886. The molecule has 90 valence electrons. The first kappa shape index (κ1) is 12.2. The van der Waals surface area contributed by atoms with Gasteiger partial charge in [0.1, 0.15) is 0 Å². The van der Waals surface area contributed by atoms with Crippen LogP contribution in [0.15, 0.2) is 18.2 Å². The maximum Gasteiger partial charge on any atom is 0.242 e. The minimum Gasteiger partial charge on any atom is -0.345 e. The Hall–Kier alpha value is -1.26. The first-order chi connectivity index (χ1) is 8.06. The van der Waals surface area contributed by atoms with Crippen LogP contribution in [0.3, 0.4) is 0 Å². The molecule has 0 atom stereocenters. The van der Waals surface area contributed by atoms with Crippen LogP contribution >= 0.6 is 23.2 Å². The molecule has 1 saturated heterocycles. The highest BCUT2D eigenvalue weighted by molar-refractivity contribution is 6.42. The molecule has 1 aromatic rings. The molecule has 2 rings (SSSR count). The highest BCUT2D eigenvalue weighted by atomic mass is 35.5. The second-order valence-corrected chi connectivity index (χ2v) is 4.59. The predicted octanol–water partition coefficient (Wildman–Crippen LogP) is 1.45. The van der Waals surface area contributed by atoms with E-state index in [0.717, 1.165) is 5.56 Å². The molecular formula is C11H10Cl2N2O2. The molecule has 1 aliphatic heterocycles. The lowest BCUT2D eigenvalue weighted by Gasteiger charge is -2.26. The molecule has 1 aliphatic rings. The third-order valence-electron chi connectivity index (χ3n) is 2.48. The van der Waals surface area contributed by atoms with Crippen molar-refractivity contribution < 1.29 is 9.59 Å². The normalized spacial score (nSPS) is 16.0. The molecule has 0 saturated carbocycles. The number of nitrogens with one attached hydrogen (secondary N) is 1. The zero-order valence-corrected chi connectivity index (χ0v) is 10.4. The fraction of sp³-hybridized carbons (Fsp3) is 0.273. The van der Waals surface area contributed by atoms with Crippen LogP contribution in [0.5, 0.6) is 0 Å². The highest BCUT2D eigenvalue weighted by Crippen LogP contribution is 2.23. The van der Waals surface area contributed by atoms with Crippen molar-refractivity contribution in [1.82, 2.24) is 10.2 Å². The van der Waals surface area contributed by atoms with Crippen LogP contribution in [0.2, 0.25) is 10.0 Å². The predicted molar refractivity (Wildman–Crippen MR) is 64.9 cm³/mol. The van der Waals surface area contributed by atoms with Gasteiger partial charge in [-0.15, -0.1) is 0 Å². The van der Waals surface area contributed by atoms with E-state index in [-0.39, 0.29) is 24.9 Å². The third kappa shape index (κ3) is 2.90. The Kier molecular flexibility index (Phi) is 3.54. The summed E-state index contributed by atoms with van der Waals surface area (Å²) in [6.07, 6.45) is 0. The molecule has 1 heterocycles. The number of piperazine rings is 1. The summed E-state index contributed by atoms with van der Waals surface area (Å²) in [7, 11) is 0. The van der Waals surface area contributed by atoms with E-state index in [1.54, 1.807) is 18.2 Å². The average Bonchev–Trinajstić information content (AvgIpc) is 2.29. The molecule has 1 fully saturated rings. The first-order valence-electron chi connectivity index (χ1n) is 5.04. The van der Waals surface area contributed by atoms with Gasteiger partial charge in [-0.3, -0.25) is 9.59 Å². The number of benzene rings is 1. The third-order valence-corrected chi connectivity index (χ3v) is 3.22. The second kappa shape index (κ2) is 4.94. The number of nitrogens with zero attached hydrogens (tertiary/aromatic N) is 1. The largest absolute Gasteiger partial charge is 0.345 e. The van der Waals surface area contributed by atoms with Crippen LogP contribution in [0.1, 0.15) is 5.56 Å². The molecule has 1 N–H and O–H groups in total. The fourth-order valence-corrected chi connectivity index (χ4v) is 1.93. The van der Waals surface area contributed by atoms with Gasteiger partial charge in [-0.25, -0.2) is 0 Å². The molecular weight excluding hydrogens is 263 g/mol. The van der Waals surface area contributed by atoms with Crippen molar-refractivity contribution in [2.75, 3.05) is 13.1 Å². The van der Waals surface area contributed by atoms with Crippen LogP contribution in [0.25, 0.3) is 0 Å². The van der Waals surface area contributed by atoms with Crippen molar-refractivity contribution in [1.29, 1.82) is 0 Å². The van der Waals surface area contributed by atoms with E-state index in [1.165, 1.54) is 4.90 Å². The Balaban J connectivity index is 2.11. The van der Waals surface area contributed by atoms with Gasteiger partial charge in [-0.05, 0) is 17.7 Å². The number of carbonyl (C=O) groups excluding carboxylic acids is 2. The van der Waals surface area contributed by atoms with Gasteiger partial charge in [0.25, 0.3) is 0 Å². The summed E-state index contributed by atoms with van der Waals surface area (Å²) in [5.41, 5.74) is 0.849. The van der Waals surface area contributed by atoms with Crippen molar-refractivity contribution in [3.8, 4) is 0 Å². The minimum atomic E-state index is -0.148. The topological polar surface area (TPSA) is 49.4 Å². The second-order valence-electron chi connectivity index (χ2n) is 3.77. The number of halogens is 2. The lowest BCUT2D eigenvalue weighted by Crippen LogP contribution is -2.50. The molecule has 0 unspecified atom stereocenters. The molecule has 1 aromatic carbocycles. The summed E-state index contributed by atoms with van der Waals surface area (Å²) < 4.78 is 0. The fourth-order valence-electron chi connectivity index (χ4n) is 1.61. The van der Waals surface area contributed by atoms with Crippen LogP contribution < -0.4 is 5.32 Å². The average molecular weight is 273 g/mol. The lowest BCUT2D eigenvalue weighted by molar-refractivity contribution is -0.141. The molecule has 6 heteroatoms. The Morgan fingerprint density at radius 1 is 1.24 bits per heavy atom. The highest BCUT2D eigenvalue weighted by Gasteiger charge is 2.22. The molecule has 0 aromatic heterocycles. The van der Waals surface area contributed by atoms with Crippen molar-refractivity contribution in [3.63, 3.8) is 0 Å². The molecule has 4 nitrogen and oxygen atoms in total. The first-order valence-corrected chi connectivity index (χ1v) is 5.80. The van der Waals surface area contributed by atoms with Crippen LogP contribution in [-0.4, -0.2) is 29.8 Å². The number of hydrogen-bond acceptors (Lipinski definition) is 2. The molecule has 2 amide bonds. The van der Waals surface area contributed by atoms with Gasteiger partial charge < -0.3 is 10.2 Å². The van der Waals surface area contributed by atoms with E-state index in [2.05, 4.69) is 5.32 Å². The zero-order valence-electron chi connectivity index (χ0n) is 8.87. The van der Waals surface area contributed by atoms with Gasteiger partial charge in [-0.1, -0.05) is 29.3 Å². The Morgan fingerprint density at radius 3 is 2.71 bits per heavy atom. The van der Waals surface area contributed by atoms with Gasteiger partial charge >= 0.3 is 0 Å². The van der Waals surface area contributed by atoms with E-state index in [1.807, 2.05) is 0 Å². The van der Waals surface area contributed by atoms with E-state index >= 15 is 0 Å². The van der Waals surface area contributed by atoms with Gasteiger partial charge in [-0.2, -0.15) is 0 Å². The molecule has 0 radical (unpaired) electrons. The summed E-state index contributed by atoms with van der Waals surface area (Å²) in [5.74, 6) is -0.250. The van der Waals surface area contributed by atoms with Crippen LogP contribution in [0, 0.1) is 0 Å². The molecule has 0 aliphatic carbocycles. The Labute approximate surface area is 108 Å². The van der Waals surface area contributed by atoms with Gasteiger partial charge in [0.15, 0.2) is 0 Å². The SMILES string of the molecule is O=C1CN(Cc2ccc(Cl)c(Cl)c2)C(=O)CN1. The van der Waals surface area contributed by atoms with E-state index in [4.69, 9.17) is 23.2 Å². The maximum atomic E-state index is 11.5. The summed E-state index contributed by atoms with van der Waals surface area (Å²) in [6, 6.07) is 5.16. The Bertz CT molecular complexity index is 477. The standard InChI is InChI=1S/C11H10Cl2N2O2/c12-8-2-1-7(3-9(8)13)5-15-6-10(16)14-4-11(15)17/h1-3H,4-6H2,(H,14,16). The van der Waals surface area contributed by atoms with Crippen molar-refractivity contribution in [2.24, 2.45) is 0 Å². The van der Waals surface area contributed by atoms with Gasteiger partial charge in [0.2, 0.25) is 11.8 Å². The summed E-state index contributed by atoms with van der Waals surface area (Å²) in [5, 5.41) is 3.40. The van der Waals surface area contributed by atoms with E-state index in [0.29, 0.717) is 16.6 Å². The van der Waals surface area contributed by atoms with Crippen molar-refractivity contribution in [2.45, 2.75) is 6.54 Å². The van der Waals surface area contributed by atoms with Gasteiger partial charge in [0.05, 0.1) is 23.1 Å². The lowest BCUT2D eigenvalue weighted by atomic mass is 10.2. The minimum absolute atomic E-state index is 0.0557. The number of rotatable bonds is 2. The summed E-state index contributed by atoms with van der Waals surface area (Å²) in [4.78, 5) is 24.2. The molecule has 0 bridgehead atoms. The number of amides is 2. The van der Waals surface area contributed by atoms with E-state index < -0.39 is 0 Å². The van der Waals surface area contributed by atoms with Crippen molar-refractivity contribution >= 4 is 35.0 Å². The van der Waals surface area contributed by atoms with Gasteiger partial charge in [0, 0.05) is 6.54 Å². The molecule has 0 spiro atoms. The smallest absolute Gasteiger partial charge is 0.242 e. The van der Waals surface area contributed by atoms with E-state index in [9.17, 15) is 9.59 Å². The number of carbonyl (C=O) groups is 2.